The Hall–Kier alpha value is -2.82. The zero-order valence-corrected chi connectivity index (χ0v) is 13.0. The number of amides is 1. The minimum absolute atomic E-state index is 0.158. The summed E-state index contributed by atoms with van der Waals surface area (Å²) in [4.78, 5) is 11.9. The van der Waals surface area contributed by atoms with Crippen molar-refractivity contribution in [2.45, 2.75) is 12.8 Å². The summed E-state index contributed by atoms with van der Waals surface area (Å²) in [6.45, 7) is 0.158. The van der Waals surface area contributed by atoms with Crippen molar-refractivity contribution >= 4 is 17.3 Å². The highest BCUT2D eigenvalue weighted by atomic mass is 16.5. The average Bonchev–Trinajstić information content (AvgIpc) is 3.01. The molecule has 0 aliphatic heterocycles. The smallest absolute Gasteiger partial charge is 0.259 e. The first kappa shape index (κ1) is 15.1. The summed E-state index contributed by atoms with van der Waals surface area (Å²) in [6.07, 6.45) is 1.84. The van der Waals surface area contributed by atoms with Crippen molar-refractivity contribution in [3.05, 3.63) is 59.7 Å². The van der Waals surface area contributed by atoms with Crippen LogP contribution < -0.4 is 15.5 Å². The van der Waals surface area contributed by atoms with Crippen LogP contribution in [0, 0.1) is 0 Å². The minimum Gasteiger partial charge on any atom is -0.497 e. The van der Waals surface area contributed by atoms with E-state index in [1.54, 1.807) is 7.11 Å². The molecule has 1 aliphatic rings. The van der Waals surface area contributed by atoms with Gasteiger partial charge in [0.15, 0.2) is 0 Å². The van der Waals surface area contributed by atoms with Gasteiger partial charge in [-0.1, -0.05) is 30.3 Å². The van der Waals surface area contributed by atoms with E-state index < -0.39 is 0 Å². The molecule has 1 aliphatic carbocycles. The van der Waals surface area contributed by atoms with Gasteiger partial charge in [-0.25, -0.2) is 5.43 Å². The lowest BCUT2D eigenvalue weighted by Crippen LogP contribution is -2.26. The molecular weight excluding hydrogens is 290 g/mol. The summed E-state index contributed by atoms with van der Waals surface area (Å²) in [7, 11) is 1.61. The molecule has 0 saturated heterocycles. The number of hydrazone groups is 1. The first-order valence-electron chi connectivity index (χ1n) is 7.58. The zero-order chi connectivity index (χ0) is 16.1. The largest absolute Gasteiger partial charge is 0.497 e. The van der Waals surface area contributed by atoms with Crippen molar-refractivity contribution in [1.29, 1.82) is 0 Å². The predicted octanol–water partition coefficient (Wildman–Crippen LogP) is 2.57. The van der Waals surface area contributed by atoms with Crippen LogP contribution in [-0.2, 0) is 11.2 Å². The van der Waals surface area contributed by atoms with Crippen molar-refractivity contribution in [1.82, 2.24) is 5.43 Å². The number of hydrogen-bond acceptors (Lipinski definition) is 4. The van der Waals surface area contributed by atoms with Gasteiger partial charge >= 0.3 is 0 Å². The van der Waals surface area contributed by atoms with E-state index in [2.05, 4.69) is 21.9 Å². The van der Waals surface area contributed by atoms with Crippen LogP contribution in [0.3, 0.4) is 0 Å². The van der Waals surface area contributed by atoms with Crippen LogP contribution in [0.5, 0.6) is 5.75 Å². The monoisotopic (exact) mass is 309 g/mol. The molecule has 0 bridgehead atoms. The maximum Gasteiger partial charge on any atom is 0.259 e. The van der Waals surface area contributed by atoms with Crippen LogP contribution >= 0.6 is 0 Å². The molecule has 0 aromatic heterocycles. The Bertz CT molecular complexity index is 741. The standard InChI is InChI=1S/C18H19N3O2/c1-23-15-7-4-6-14(11-15)19-12-18(22)21-20-17-10-9-13-5-2-3-8-16(13)17/h2-8,11,19H,9-10,12H2,1H3,(H,21,22)/b20-17-. The molecule has 3 rings (SSSR count). The lowest BCUT2D eigenvalue weighted by atomic mass is 10.1. The van der Waals surface area contributed by atoms with Gasteiger partial charge in [-0.05, 0) is 30.5 Å². The number of nitrogens with one attached hydrogen (secondary N) is 2. The van der Waals surface area contributed by atoms with Crippen LogP contribution in [-0.4, -0.2) is 25.3 Å². The Labute approximate surface area is 135 Å². The normalized spacial score (nSPS) is 14.4. The van der Waals surface area contributed by atoms with Crippen LogP contribution in [0.4, 0.5) is 5.69 Å². The second kappa shape index (κ2) is 6.96. The van der Waals surface area contributed by atoms with Gasteiger partial charge in [-0.2, -0.15) is 5.10 Å². The predicted molar refractivity (Wildman–Crippen MR) is 90.9 cm³/mol. The fraction of sp³-hybridized carbons (Fsp3) is 0.222. The van der Waals surface area contributed by atoms with Crippen LogP contribution in [0.25, 0.3) is 0 Å². The van der Waals surface area contributed by atoms with Crippen molar-refractivity contribution in [3.63, 3.8) is 0 Å². The molecule has 0 atom stereocenters. The van der Waals surface area contributed by atoms with E-state index in [1.807, 2.05) is 42.5 Å². The van der Waals surface area contributed by atoms with E-state index >= 15 is 0 Å². The third-order valence-electron chi connectivity index (χ3n) is 3.80. The fourth-order valence-corrected chi connectivity index (χ4v) is 2.61. The number of carbonyl (C=O) groups excluding carboxylic acids is 1. The van der Waals surface area contributed by atoms with E-state index in [0.717, 1.165) is 35.6 Å². The van der Waals surface area contributed by atoms with Crippen molar-refractivity contribution in [2.24, 2.45) is 5.10 Å². The highest BCUT2D eigenvalue weighted by Crippen LogP contribution is 2.21. The van der Waals surface area contributed by atoms with Gasteiger partial charge in [0, 0.05) is 17.3 Å². The number of rotatable bonds is 5. The zero-order valence-electron chi connectivity index (χ0n) is 13.0. The topological polar surface area (TPSA) is 62.7 Å². The molecule has 2 aromatic rings. The minimum atomic E-state index is -0.176. The van der Waals surface area contributed by atoms with E-state index in [1.165, 1.54) is 5.56 Å². The van der Waals surface area contributed by atoms with E-state index in [0.29, 0.717) is 0 Å². The van der Waals surface area contributed by atoms with Gasteiger partial charge in [-0.3, -0.25) is 4.79 Å². The number of aryl methyl sites for hydroxylation is 1. The fourth-order valence-electron chi connectivity index (χ4n) is 2.61. The van der Waals surface area contributed by atoms with Gasteiger partial charge < -0.3 is 10.1 Å². The maximum absolute atomic E-state index is 11.9. The number of methoxy groups -OCH3 is 1. The van der Waals surface area contributed by atoms with Crippen LogP contribution in [0.2, 0.25) is 0 Å². The molecule has 23 heavy (non-hydrogen) atoms. The Morgan fingerprint density at radius 3 is 2.91 bits per heavy atom. The van der Waals surface area contributed by atoms with E-state index in [-0.39, 0.29) is 12.5 Å². The van der Waals surface area contributed by atoms with E-state index in [9.17, 15) is 4.79 Å². The van der Waals surface area contributed by atoms with Gasteiger partial charge in [0.25, 0.3) is 5.91 Å². The number of ether oxygens (including phenoxy) is 1. The third-order valence-corrected chi connectivity index (χ3v) is 3.80. The quantitative estimate of drug-likeness (QED) is 0.835. The SMILES string of the molecule is COc1cccc(NCC(=O)N/N=C2/CCc3ccccc32)c1. The molecule has 0 saturated carbocycles. The molecule has 2 aromatic carbocycles. The maximum atomic E-state index is 11.9. The van der Waals surface area contributed by atoms with Gasteiger partial charge in [0.1, 0.15) is 5.75 Å². The molecule has 0 radical (unpaired) electrons. The number of anilines is 1. The van der Waals surface area contributed by atoms with Crippen LogP contribution in [0.1, 0.15) is 17.5 Å². The number of nitrogens with zero attached hydrogens (tertiary/aromatic N) is 1. The summed E-state index contributed by atoms with van der Waals surface area (Å²) in [5.74, 6) is 0.572. The second-order valence-electron chi connectivity index (χ2n) is 5.34. The Balaban J connectivity index is 1.55. The van der Waals surface area contributed by atoms with Gasteiger partial charge in [0.2, 0.25) is 0 Å². The Kier molecular flexibility index (Phi) is 4.57. The highest BCUT2D eigenvalue weighted by molar-refractivity contribution is 6.04. The van der Waals surface area contributed by atoms with Crippen LogP contribution in [0.15, 0.2) is 53.6 Å². The Morgan fingerprint density at radius 2 is 2.04 bits per heavy atom. The number of benzene rings is 2. The first-order valence-corrected chi connectivity index (χ1v) is 7.58. The average molecular weight is 309 g/mol. The molecule has 0 unspecified atom stereocenters. The highest BCUT2D eigenvalue weighted by Gasteiger charge is 2.16. The molecule has 5 nitrogen and oxygen atoms in total. The molecule has 5 heteroatoms. The second-order valence-corrected chi connectivity index (χ2v) is 5.34. The summed E-state index contributed by atoms with van der Waals surface area (Å²) >= 11 is 0. The summed E-state index contributed by atoms with van der Waals surface area (Å²) in [5, 5.41) is 7.32. The molecule has 0 spiro atoms. The number of carbonyl (C=O) groups is 1. The molecule has 0 heterocycles. The van der Waals surface area contributed by atoms with Gasteiger partial charge in [-0.15, -0.1) is 0 Å². The summed E-state index contributed by atoms with van der Waals surface area (Å²) in [5.41, 5.74) is 6.81. The molecule has 118 valence electrons. The van der Waals surface area contributed by atoms with Crippen molar-refractivity contribution < 1.29 is 9.53 Å². The number of fused-ring (bicyclic) bond motifs is 1. The summed E-state index contributed by atoms with van der Waals surface area (Å²) < 4.78 is 5.15. The molecular formula is C18H19N3O2. The number of hydrogen-bond donors (Lipinski definition) is 2. The first-order chi connectivity index (χ1) is 11.3. The van der Waals surface area contributed by atoms with Crippen molar-refractivity contribution in [2.75, 3.05) is 19.0 Å². The third kappa shape index (κ3) is 3.69. The lowest BCUT2D eigenvalue weighted by molar-refractivity contribution is -0.119. The van der Waals surface area contributed by atoms with Gasteiger partial charge in [0.05, 0.1) is 19.4 Å². The Morgan fingerprint density at radius 1 is 1.17 bits per heavy atom. The molecule has 2 N–H and O–H groups in total. The molecule has 1 amide bonds. The van der Waals surface area contributed by atoms with Crippen molar-refractivity contribution in [3.8, 4) is 5.75 Å². The lowest BCUT2D eigenvalue weighted by Gasteiger charge is -2.07. The summed E-state index contributed by atoms with van der Waals surface area (Å²) in [6, 6.07) is 15.6. The van der Waals surface area contributed by atoms with E-state index in [4.69, 9.17) is 4.74 Å². The molecule has 0 fully saturated rings.